The summed E-state index contributed by atoms with van der Waals surface area (Å²) in [5, 5.41) is 3.53. The van der Waals surface area contributed by atoms with Gasteiger partial charge in [0.05, 0.1) is 6.04 Å². The van der Waals surface area contributed by atoms with Crippen molar-refractivity contribution in [2.24, 2.45) is 17.6 Å². The van der Waals surface area contributed by atoms with Crippen LogP contribution in [0.25, 0.3) is 0 Å². The third-order valence-electron chi connectivity index (χ3n) is 4.61. The molecule has 2 fully saturated rings. The fraction of sp³-hybridized carbons (Fsp3) is 0.929. The van der Waals surface area contributed by atoms with Gasteiger partial charge in [-0.3, -0.25) is 4.79 Å². The van der Waals surface area contributed by atoms with E-state index in [4.69, 9.17) is 5.73 Å². The molecule has 1 amide bonds. The molecular weight excluding hydrogens is 212 g/mol. The van der Waals surface area contributed by atoms with E-state index in [2.05, 4.69) is 12.2 Å². The SMILES string of the molecule is CC1CCC(C(NC2CCCC2)C(N)=O)CC1. The highest BCUT2D eigenvalue weighted by atomic mass is 16.1. The molecule has 2 rings (SSSR count). The zero-order chi connectivity index (χ0) is 12.3. The predicted octanol–water partition coefficient (Wildman–Crippen LogP) is 2.20. The van der Waals surface area contributed by atoms with Gasteiger partial charge < -0.3 is 11.1 Å². The molecule has 1 unspecified atom stereocenters. The summed E-state index contributed by atoms with van der Waals surface area (Å²) < 4.78 is 0. The summed E-state index contributed by atoms with van der Waals surface area (Å²) in [4.78, 5) is 11.6. The Labute approximate surface area is 105 Å². The van der Waals surface area contributed by atoms with E-state index in [0.29, 0.717) is 12.0 Å². The van der Waals surface area contributed by atoms with E-state index >= 15 is 0 Å². The second kappa shape index (κ2) is 5.85. The Morgan fingerprint density at radius 2 is 1.71 bits per heavy atom. The number of rotatable bonds is 4. The second-order valence-corrected chi connectivity index (χ2v) is 6.05. The second-order valence-electron chi connectivity index (χ2n) is 6.05. The van der Waals surface area contributed by atoms with E-state index in [1.54, 1.807) is 0 Å². The van der Waals surface area contributed by atoms with Gasteiger partial charge in [-0.25, -0.2) is 0 Å². The van der Waals surface area contributed by atoms with Gasteiger partial charge in [-0.15, -0.1) is 0 Å². The summed E-state index contributed by atoms with van der Waals surface area (Å²) in [5.74, 6) is 1.16. The van der Waals surface area contributed by atoms with Gasteiger partial charge in [0, 0.05) is 6.04 Å². The van der Waals surface area contributed by atoms with E-state index < -0.39 is 0 Å². The number of nitrogens with one attached hydrogen (secondary N) is 1. The lowest BCUT2D eigenvalue weighted by Crippen LogP contribution is -2.50. The smallest absolute Gasteiger partial charge is 0.234 e. The third-order valence-corrected chi connectivity index (χ3v) is 4.61. The van der Waals surface area contributed by atoms with Gasteiger partial charge in [-0.1, -0.05) is 32.6 Å². The fourth-order valence-corrected chi connectivity index (χ4v) is 3.42. The fourth-order valence-electron chi connectivity index (χ4n) is 3.42. The van der Waals surface area contributed by atoms with Crippen molar-refractivity contribution in [3.63, 3.8) is 0 Å². The van der Waals surface area contributed by atoms with Crippen molar-refractivity contribution in [3.05, 3.63) is 0 Å². The molecule has 0 saturated heterocycles. The molecule has 0 radical (unpaired) electrons. The van der Waals surface area contributed by atoms with Crippen LogP contribution in [0, 0.1) is 11.8 Å². The van der Waals surface area contributed by atoms with E-state index in [0.717, 1.165) is 18.8 Å². The Kier molecular flexibility index (Phi) is 4.43. The average Bonchev–Trinajstić information content (AvgIpc) is 2.80. The third kappa shape index (κ3) is 3.44. The number of carbonyl (C=O) groups is 1. The summed E-state index contributed by atoms with van der Waals surface area (Å²) in [6, 6.07) is 0.456. The quantitative estimate of drug-likeness (QED) is 0.789. The molecule has 0 spiro atoms. The number of carbonyl (C=O) groups excluding carboxylic acids is 1. The molecule has 3 heteroatoms. The molecule has 0 bridgehead atoms. The van der Waals surface area contributed by atoms with E-state index in [1.807, 2.05) is 0 Å². The minimum atomic E-state index is -0.142. The molecule has 0 aromatic rings. The maximum Gasteiger partial charge on any atom is 0.234 e. The molecule has 1 atom stereocenters. The van der Waals surface area contributed by atoms with Crippen LogP contribution in [0.15, 0.2) is 0 Å². The number of hydrogen-bond acceptors (Lipinski definition) is 2. The van der Waals surface area contributed by atoms with Crippen molar-refractivity contribution >= 4 is 5.91 Å². The van der Waals surface area contributed by atoms with Crippen LogP contribution in [0.5, 0.6) is 0 Å². The van der Waals surface area contributed by atoms with Crippen LogP contribution in [-0.2, 0) is 4.79 Å². The van der Waals surface area contributed by atoms with Gasteiger partial charge in [-0.2, -0.15) is 0 Å². The zero-order valence-corrected chi connectivity index (χ0v) is 11.0. The number of amides is 1. The van der Waals surface area contributed by atoms with Gasteiger partial charge in [-0.05, 0) is 37.5 Å². The van der Waals surface area contributed by atoms with Crippen LogP contribution in [0.3, 0.4) is 0 Å². The molecule has 2 saturated carbocycles. The molecule has 98 valence electrons. The van der Waals surface area contributed by atoms with Crippen molar-refractivity contribution in [1.29, 1.82) is 0 Å². The summed E-state index contributed by atoms with van der Waals surface area (Å²) in [6.45, 7) is 2.31. The molecule has 0 aliphatic heterocycles. The highest BCUT2D eigenvalue weighted by molar-refractivity contribution is 5.80. The molecule has 3 N–H and O–H groups in total. The van der Waals surface area contributed by atoms with Crippen molar-refractivity contribution in [1.82, 2.24) is 5.32 Å². The first kappa shape index (κ1) is 12.9. The van der Waals surface area contributed by atoms with Crippen LogP contribution in [0.4, 0.5) is 0 Å². The summed E-state index contributed by atoms with van der Waals surface area (Å²) in [5.41, 5.74) is 5.58. The van der Waals surface area contributed by atoms with Crippen molar-refractivity contribution in [3.8, 4) is 0 Å². The maximum atomic E-state index is 11.6. The highest BCUT2D eigenvalue weighted by Crippen LogP contribution is 2.31. The molecular formula is C14H26N2O. The highest BCUT2D eigenvalue weighted by Gasteiger charge is 2.31. The zero-order valence-electron chi connectivity index (χ0n) is 11.0. The van der Waals surface area contributed by atoms with Gasteiger partial charge in [0.2, 0.25) is 5.91 Å². The Bertz CT molecular complexity index is 253. The van der Waals surface area contributed by atoms with E-state index in [-0.39, 0.29) is 11.9 Å². The summed E-state index contributed by atoms with van der Waals surface area (Å²) >= 11 is 0. The molecule has 3 nitrogen and oxygen atoms in total. The molecule has 2 aliphatic carbocycles. The van der Waals surface area contributed by atoms with Crippen LogP contribution < -0.4 is 11.1 Å². The number of hydrogen-bond donors (Lipinski definition) is 2. The van der Waals surface area contributed by atoms with Crippen molar-refractivity contribution in [2.45, 2.75) is 70.4 Å². The average molecular weight is 238 g/mol. The van der Waals surface area contributed by atoms with Crippen molar-refractivity contribution < 1.29 is 4.79 Å². The lowest BCUT2D eigenvalue weighted by molar-refractivity contribution is -0.122. The largest absolute Gasteiger partial charge is 0.368 e. The molecule has 2 aliphatic rings. The first-order valence-corrected chi connectivity index (χ1v) is 7.22. The van der Waals surface area contributed by atoms with Crippen LogP contribution in [0.2, 0.25) is 0 Å². The standard InChI is InChI=1S/C14H26N2O/c1-10-6-8-11(9-7-10)13(14(15)17)16-12-4-2-3-5-12/h10-13,16H,2-9H2,1H3,(H2,15,17). The normalized spacial score (nSPS) is 32.5. The van der Waals surface area contributed by atoms with Crippen LogP contribution in [-0.4, -0.2) is 18.0 Å². The molecule has 0 aromatic heterocycles. The van der Waals surface area contributed by atoms with Gasteiger partial charge in [0.1, 0.15) is 0 Å². The lowest BCUT2D eigenvalue weighted by atomic mass is 9.79. The Balaban J connectivity index is 1.89. The Morgan fingerprint density at radius 3 is 2.24 bits per heavy atom. The minimum Gasteiger partial charge on any atom is -0.368 e. The van der Waals surface area contributed by atoms with Crippen LogP contribution in [0.1, 0.15) is 58.3 Å². The monoisotopic (exact) mass is 238 g/mol. The minimum absolute atomic E-state index is 0.0781. The topological polar surface area (TPSA) is 55.1 Å². The molecule has 0 aromatic carbocycles. The van der Waals surface area contributed by atoms with Crippen molar-refractivity contribution in [2.75, 3.05) is 0 Å². The molecule has 0 heterocycles. The summed E-state index contributed by atoms with van der Waals surface area (Å²) in [7, 11) is 0. The van der Waals surface area contributed by atoms with E-state index in [9.17, 15) is 4.79 Å². The maximum absolute atomic E-state index is 11.6. The number of primary amides is 1. The first-order chi connectivity index (χ1) is 8.16. The van der Waals surface area contributed by atoms with Gasteiger partial charge >= 0.3 is 0 Å². The van der Waals surface area contributed by atoms with Gasteiger partial charge in [0.15, 0.2) is 0 Å². The van der Waals surface area contributed by atoms with Gasteiger partial charge in [0.25, 0.3) is 0 Å². The summed E-state index contributed by atoms with van der Waals surface area (Å²) in [6.07, 6.45) is 9.85. The molecule has 17 heavy (non-hydrogen) atoms. The first-order valence-electron chi connectivity index (χ1n) is 7.22. The number of nitrogens with two attached hydrogens (primary N) is 1. The van der Waals surface area contributed by atoms with Crippen LogP contribution >= 0.6 is 0 Å². The Hall–Kier alpha value is -0.570. The van der Waals surface area contributed by atoms with E-state index in [1.165, 1.54) is 38.5 Å². The Morgan fingerprint density at radius 1 is 1.12 bits per heavy atom. The lowest BCUT2D eigenvalue weighted by Gasteiger charge is -2.33. The predicted molar refractivity (Wildman–Crippen MR) is 69.5 cm³/mol.